The first-order valence-electron chi connectivity index (χ1n) is 9.12. The summed E-state index contributed by atoms with van der Waals surface area (Å²) in [7, 11) is 0. The van der Waals surface area contributed by atoms with Crippen molar-refractivity contribution in [3.63, 3.8) is 0 Å². The molecule has 0 saturated heterocycles. The number of nitrogen functional groups attached to an aromatic ring is 1. The number of fused-ring (bicyclic) bond motifs is 1. The van der Waals surface area contributed by atoms with Gasteiger partial charge in [-0.3, -0.25) is 9.36 Å². The molecule has 0 aliphatic rings. The molecule has 0 spiro atoms. The molecule has 3 N–H and O–H groups in total. The number of nitrogens with zero attached hydrogens (tertiary/aromatic N) is 4. The summed E-state index contributed by atoms with van der Waals surface area (Å²) in [5, 5.41) is 3.91. The molecule has 0 bridgehead atoms. The zero-order valence-electron chi connectivity index (χ0n) is 16.0. The number of halogens is 1. The van der Waals surface area contributed by atoms with Crippen LogP contribution in [0.4, 0.5) is 11.8 Å². The van der Waals surface area contributed by atoms with Crippen LogP contribution in [-0.2, 0) is 0 Å². The zero-order valence-corrected chi connectivity index (χ0v) is 16.8. The van der Waals surface area contributed by atoms with Gasteiger partial charge in [-0.25, -0.2) is 9.97 Å². The van der Waals surface area contributed by atoms with Crippen LogP contribution in [0.3, 0.4) is 0 Å². The highest BCUT2D eigenvalue weighted by molar-refractivity contribution is 6.35. The van der Waals surface area contributed by atoms with Gasteiger partial charge in [0.15, 0.2) is 0 Å². The maximum atomic E-state index is 13.4. The Kier molecular flexibility index (Phi) is 5.09. The fraction of sp³-hybridized carbons (Fsp3) is 0.0909. The molecule has 1 atom stereocenters. The number of benzene rings is 2. The van der Waals surface area contributed by atoms with E-state index in [9.17, 15) is 4.79 Å². The Balaban J connectivity index is 1.93. The molecular weight excluding hydrogens is 400 g/mol. The first-order chi connectivity index (χ1) is 14.5. The number of hydrogen-bond acceptors (Lipinski definition) is 6. The van der Waals surface area contributed by atoms with Crippen LogP contribution in [0.15, 0.2) is 59.5 Å². The van der Waals surface area contributed by atoms with Crippen molar-refractivity contribution >= 4 is 34.3 Å². The van der Waals surface area contributed by atoms with Crippen LogP contribution in [0.1, 0.15) is 24.4 Å². The first kappa shape index (κ1) is 19.4. The number of para-hydroxylation sites is 1. The van der Waals surface area contributed by atoms with E-state index in [2.05, 4.69) is 21.2 Å². The maximum absolute atomic E-state index is 13.4. The van der Waals surface area contributed by atoms with Crippen molar-refractivity contribution in [1.29, 1.82) is 0 Å². The second-order valence-corrected chi connectivity index (χ2v) is 6.99. The van der Waals surface area contributed by atoms with E-state index >= 15 is 0 Å². The largest absolute Gasteiger partial charge is 0.368 e. The zero-order chi connectivity index (χ0) is 21.3. The van der Waals surface area contributed by atoms with Crippen molar-refractivity contribution in [2.75, 3.05) is 11.1 Å². The molecule has 0 amide bonds. The number of nitrogens with two attached hydrogens (primary N) is 1. The van der Waals surface area contributed by atoms with Crippen molar-refractivity contribution in [3.8, 4) is 18.0 Å². The molecule has 30 heavy (non-hydrogen) atoms. The lowest BCUT2D eigenvalue weighted by molar-refractivity contribution is 0.730. The van der Waals surface area contributed by atoms with E-state index < -0.39 is 6.04 Å². The lowest BCUT2D eigenvalue weighted by atomic mass is 10.2. The van der Waals surface area contributed by atoms with Gasteiger partial charge < -0.3 is 11.1 Å². The van der Waals surface area contributed by atoms with Gasteiger partial charge in [0.05, 0.1) is 39.4 Å². The van der Waals surface area contributed by atoms with E-state index in [4.69, 9.17) is 28.7 Å². The third-order valence-corrected chi connectivity index (χ3v) is 4.91. The standard InChI is InChI=1S/C22H17ClN6O/c1-3-14-12-25-22(24)28-19(14)26-13(2)20-27-17-11-7-10-16(23)18(17)21(30)29(20)15-8-5-4-6-9-15/h1,4-13H,2H3,(H3,24,25,26,28). The summed E-state index contributed by atoms with van der Waals surface area (Å²) >= 11 is 6.32. The number of hydrogen-bond donors (Lipinski definition) is 2. The smallest absolute Gasteiger partial charge is 0.267 e. The Morgan fingerprint density at radius 1 is 1.17 bits per heavy atom. The molecule has 0 radical (unpaired) electrons. The van der Waals surface area contributed by atoms with Crippen molar-refractivity contribution < 1.29 is 0 Å². The lowest BCUT2D eigenvalue weighted by Gasteiger charge is -2.20. The number of aromatic nitrogens is 4. The molecule has 0 saturated carbocycles. The molecule has 148 valence electrons. The van der Waals surface area contributed by atoms with Gasteiger partial charge in [0, 0.05) is 0 Å². The summed E-state index contributed by atoms with van der Waals surface area (Å²) in [5.74, 6) is 3.47. The average molecular weight is 417 g/mol. The SMILES string of the molecule is C#Cc1cnc(N)nc1NC(C)c1nc2cccc(Cl)c2c(=O)n1-c1ccccc1. The van der Waals surface area contributed by atoms with Gasteiger partial charge in [0.1, 0.15) is 11.6 Å². The minimum Gasteiger partial charge on any atom is -0.368 e. The first-order valence-corrected chi connectivity index (χ1v) is 9.49. The average Bonchev–Trinajstić information content (AvgIpc) is 2.74. The predicted molar refractivity (Wildman–Crippen MR) is 119 cm³/mol. The van der Waals surface area contributed by atoms with Gasteiger partial charge in [-0.2, -0.15) is 4.98 Å². The Morgan fingerprint density at radius 3 is 2.67 bits per heavy atom. The highest BCUT2D eigenvalue weighted by atomic mass is 35.5. The fourth-order valence-corrected chi connectivity index (χ4v) is 3.46. The van der Waals surface area contributed by atoms with E-state index in [0.717, 1.165) is 0 Å². The summed E-state index contributed by atoms with van der Waals surface area (Å²) in [5.41, 5.74) is 7.07. The normalized spacial score (nSPS) is 11.8. The van der Waals surface area contributed by atoms with Crippen molar-refractivity contribution in [3.05, 3.63) is 81.5 Å². The van der Waals surface area contributed by atoms with E-state index in [1.165, 1.54) is 10.8 Å². The molecule has 8 heteroatoms. The lowest BCUT2D eigenvalue weighted by Crippen LogP contribution is -2.27. The summed E-state index contributed by atoms with van der Waals surface area (Å²) in [4.78, 5) is 26.3. The fourth-order valence-electron chi connectivity index (χ4n) is 3.20. The monoisotopic (exact) mass is 416 g/mol. The predicted octanol–water partition coefficient (Wildman–Crippen LogP) is 3.57. The van der Waals surface area contributed by atoms with Gasteiger partial charge in [-0.1, -0.05) is 41.8 Å². The van der Waals surface area contributed by atoms with Crippen LogP contribution >= 0.6 is 11.6 Å². The minimum atomic E-state index is -0.442. The minimum absolute atomic E-state index is 0.0856. The number of terminal acetylenes is 1. The van der Waals surface area contributed by atoms with E-state index in [1.807, 2.05) is 37.3 Å². The Labute approximate surface area is 177 Å². The molecule has 1 unspecified atom stereocenters. The van der Waals surface area contributed by atoms with Gasteiger partial charge in [-0.05, 0) is 31.2 Å². The number of rotatable bonds is 4. The Bertz CT molecular complexity index is 1340. The molecule has 2 aromatic carbocycles. The summed E-state index contributed by atoms with van der Waals surface area (Å²) in [6.45, 7) is 1.86. The summed E-state index contributed by atoms with van der Waals surface area (Å²) in [6, 6.07) is 14.0. The van der Waals surface area contributed by atoms with Crippen LogP contribution in [0.2, 0.25) is 5.02 Å². The van der Waals surface area contributed by atoms with Crippen molar-refractivity contribution in [1.82, 2.24) is 19.5 Å². The van der Waals surface area contributed by atoms with Crippen LogP contribution in [0, 0.1) is 12.3 Å². The topological polar surface area (TPSA) is 98.7 Å². The Hall–Kier alpha value is -3.89. The summed E-state index contributed by atoms with van der Waals surface area (Å²) < 4.78 is 1.53. The van der Waals surface area contributed by atoms with Crippen LogP contribution in [-0.4, -0.2) is 19.5 Å². The second kappa shape index (κ2) is 7.85. The quantitative estimate of drug-likeness (QED) is 0.493. The van der Waals surface area contributed by atoms with E-state index in [0.29, 0.717) is 38.8 Å². The Morgan fingerprint density at radius 2 is 1.93 bits per heavy atom. The molecule has 4 aromatic rings. The van der Waals surface area contributed by atoms with Crippen molar-refractivity contribution in [2.45, 2.75) is 13.0 Å². The third-order valence-electron chi connectivity index (χ3n) is 4.59. The molecule has 0 aliphatic heterocycles. The van der Waals surface area contributed by atoms with Gasteiger partial charge in [0.25, 0.3) is 5.56 Å². The molecular formula is C22H17ClN6O. The van der Waals surface area contributed by atoms with Gasteiger partial charge >= 0.3 is 0 Å². The van der Waals surface area contributed by atoms with Crippen LogP contribution < -0.4 is 16.6 Å². The molecule has 2 heterocycles. The summed E-state index contributed by atoms with van der Waals surface area (Å²) in [6.07, 6.45) is 7.02. The van der Waals surface area contributed by atoms with Gasteiger partial charge in [0.2, 0.25) is 5.95 Å². The molecule has 0 aliphatic carbocycles. The van der Waals surface area contributed by atoms with Crippen molar-refractivity contribution in [2.24, 2.45) is 0 Å². The third kappa shape index (κ3) is 3.45. The highest BCUT2D eigenvalue weighted by Crippen LogP contribution is 2.25. The van der Waals surface area contributed by atoms with E-state index in [1.54, 1.807) is 18.2 Å². The second-order valence-electron chi connectivity index (χ2n) is 6.58. The van der Waals surface area contributed by atoms with Gasteiger partial charge in [-0.15, -0.1) is 6.42 Å². The number of nitrogens with one attached hydrogen (secondary N) is 1. The molecule has 0 fully saturated rings. The molecule has 7 nitrogen and oxygen atoms in total. The molecule has 2 aromatic heterocycles. The molecule has 4 rings (SSSR count). The maximum Gasteiger partial charge on any atom is 0.267 e. The van der Waals surface area contributed by atoms with E-state index in [-0.39, 0.29) is 11.5 Å². The number of anilines is 2. The highest BCUT2D eigenvalue weighted by Gasteiger charge is 2.20. The van der Waals surface area contributed by atoms with Crippen LogP contribution in [0.25, 0.3) is 16.6 Å². The van der Waals surface area contributed by atoms with Crippen LogP contribution in [0.5, 0.6) is 0 Å².